The van der Waals surface area contributed by atoms with Gasteiger partial charge in [-0.2, -0.15) is 0 Å². The number of aryl methyl sites for hydroxylation is 2. The normalized spacial score (nSPS) is 19.4. The average molecular weight is 802 g/mol. The first-order valence-electron chi connectivity index (χ1n) is 20.2. The van der Waals surface area contributed by atoms with Crippen LogP contribution in [0.2, 0.25) is 5.04 Å². The van der Waals surface area contributed by atoms with Crippen LogP contribution in [0.4, 0.5) is 5.69 Å². The predicted octanol–water partition coefficient (Wildman–Crippen LogP) is 5.31. The summed E-state index contributed by atoms with van der Waals surface area (Å²) in [5.74, 6) is -3.30. The first-order valence-corrected chi connectivity index (χ1v) is 22.1. The molecule has 0 aromatic heterocycles. The van der Waals surface area contributed by atoms with Gasteiger partial charge in [0.25, 0.3) is 8.32 Å². The number of nitrogens with zero attached hydrogens (tertiary/aromatic N) is 1. The molecule has 5 N–H and O–H groups in total. The molecule has 1 aliphatic heterocycles. The maximum atomic E-state index is 14.4. The quantitative estimate of drug-likeness (QED) is 0.0655. The van der Waals surface area contributed by atoms with Crippen LogP contribution < -0.4 is 20.7 Å². The number of carbonyl (C=O) groups excluding carboxylic acids is 2. The number of imide groups is 1. The molecule has 1 aliphatic carbocycles. The third-order valence-corrected chi connectivity index (χ3v) is 17.1. The van der Waals surface area contributed by atoms with Crippen LogP contribution in [0, 0.1) is 31.6 Å². The lowest BCUT2D eigenvalue weighted by atomic mass is 9.68. The number of allylic oxidation sites excluding steroid dienone is 1. The van der Waals surface area contributed by atoms with Crippen molar-refractivity contribution in [3.05, 3.63) is 130 Å². The van der Waals surface area contributed by atoms with Gasteiger partial charge in [0.05, 0.1) is 36.8 Å². The van der Waals surface area contributed by atoms with Crippen LogP contribution in [0.5, 0.6) is 5.75 Å². The number of aliphatic hydroxyl groups excluding tert-OH is 2. The molecule has 1 fully saturated rings. The van der Waals surface area contributed by atoms with Crippen molar-refractivity contribution in [1.82, 2.24) is 0 Å². The Morgan fingerprint density at radius 2 is 1.52 bits per heavy atom. The van der Waals surface area contributed by atoms with Gasteiger partial charge in [-0.05, 0) is 113 Å². The van der Waals surface area contributed by atoms with Crippen LogP contribution in [0.25, 0.3) is 6.08 Å². The smallest absolute Gasteiger partial charge is 0.488 e. The molecule has 4 aromatic rings. The predicted molar refractivity (Wildman–Crippen MR) is 233 cm³/mol. The molecule has 11 heteroatoms. The van der Waals surface area contributed by atoms with E-state index in [0.717, 1.165) is 44.0 Å². The lowest BCUT2D eigenvalue weighted by molar-refractivity contribution is -0.123. The second kappa shape index (κ2) is 17.7. The molecule has 304 valence electrons. The number of rotatable bonds is 14. The van der Waals surface area contributed by atoms with Crippen molar-refractivity contribution in [2.75, 3.05) is 18.1 Å². The van der Waals surface area contributed by atoms with Gasteiger partial charge in [-0.15, -0.1) is 0 Å². The van der Waals surface area contributed by atoms with Crippen molar-refractivity contribution in [2.45, 2.75) is 78.4 Å². The maximum Gasteiger partial charge on any atom is 0.488 e. The molecule has 4 atom stereocenters. The second-order valence-corrected chi connectivity index (χ2v) is 21.1. The Bertz CT molecular complexity index is 2120. The molecule has 0 bridgehead atoms. The third-order valence-electron chi connectivity index (χ3n) is 12.1. The van der Waals surface area contributed by atoms with Crippen molar-refractivity contribution < 1.29 is 39.4 Å². The van der Waals surface area contributed by atoms with Gasteiger partial charge in [0.2, 0.25) is 11.8 Å². The number of benzene rings is 4. The summed E-state index contributed by atoms with van der Waals surface area (Å²) in [5.41, 5.74) is 5.21. The van der Waals surface area contributed by atoms with Crippen molar-refractivity contribution in [2.24, 2.45) is 17.8 Å². The van der Waals surface area contributed by atoms with E-state index < -0.39 is 57.7 Å². The third kappa shape index (κ3) is 8.30. The van der Waals surface area contributed by atoms with E-state index in [2.05, 4.69) is 58.0 Å². The highest BCUT2D eigenvalue weighted by atomic mass is 28.4. The van der Waals surface area contributed by atoms with Crippen LogP contribution in [0.15, 0.2) is 114 Å². The van der Waals surface area contributed by atoms with E-state index in [-0.39, 0.29) is 35.0 Å². The number of fused-ring (bicyclic) bond motifs is 1. The molecular formula is C47H56BNO8Si. The molecule has 2 amide bonds. The summed E-state index contributed by atoms with van der Waals surface area (Å²) in [6, 6.07) is 30.4. The van der Waals surface area contributed by atoms with E-state index in [1.54, 1.807) is 12.1 Å². The number of phenols is 1. The van der Waals surface area contributed by atoms with Crippen molar-refractivity contribution in [3.8, 4) is 5.75 Å². The van der Waals surface area contributed by atoms with E-state index in [9.17, 15) is 35.0 Å². The van der Waals surface area contributed by atoms with Gasteiger partial charge in [-0.3, -0.25) is 14.5 Å². The number of amides is 2. The monoisotopic (exact) mass is 801 g/mol. The minimum absolute atomic E-state index is 0.0790. The second-order valence-electron chi connectivity index (χ2n) is 16.8. The van der Waals surface area contributed by atoms with Gasteiger partial charge in [0.15, 0.2) is 0 Å². The van der Waals surface area contributed by atoms with E-state index in [1.807, 2.05) is 62.4 Å². The standard InChI is InChI=1S/C47H56BNO8Si/c1-7-32(25-33-23-30(2)44(52)31(3)24-33)21-22-41(51)42-34(29-57-58(47(4,5)6,37-17-10-8-11-18-37)38-19-12-9-13-20-38)26-39-43(40(42)28-50)46(54)49(45(39)53)36-16-14-15-35(27-36)48(55)56/h8-20,23-25,27,39-41,43,50-52,55-56H,7,21-22,26,28-29H2,1-6H3/b32-25+/t39-,40+,41-,43-/m1/s1. The molecule has 0 radical (unpaired) electrons. The summed E-state index contributed by atoms with van der Waals surface area (Å²) in [6.07, 6.45) is 2.75. The number of aromatic hydroxyl groups is 1. The van der Waals surface area contributed by atoms with Gasteiger partial charge in [0.1, 0.15) is 5.75 Å². The number of carbonyl (C=O) groups is 2. The zero-order chi connectivity index (χ0) is 41.9. The zero-order valence-electron chi connectivity index (χ0n) is 34.4. The van der Waals surface area contributed by atoms with Crippen molar-refractivity contribution in [1.29, 1.82) is 0 Å². The lowest BCUT2D eigenvalue weighted by Gasteiger charge is -2.44. The summed E-state index contributed by atoms with van der Waals surface area (Å²) in [4.78, 5) is 29.9. The topological polar surface area (TPSA) is 148 Å². The van der Waals surface area contributed by atoms with Gasteiger partial charge in [-0.1, -0.05) is 112 Å². The summed E-state index contributed by atoms with van der Waals surface area (Å²) in [5, 5.41) is 55.4. The first-order chi connectivity index (χ1) is 27.6. The number of hydrogen-bond donors (Lipinski definition) is 5. The molecule has 2 aliphatic rings. The van der Waals surface area contributed by atoms with Gasteiger partial charge in [-0.25, -0.2) is 0 Å². The molecule has 1 saturated heterocycles. The van der Waals surface area contributed by atoms with Crippen LogP contribution in [-0.4, -0.2) is 71.9 Å². The molecule has 58 heavy (non-hydrogen) atoms. The van der Waals surface area contributed by atoms with Crippen LogP contribution in [-0.2, 0) is 14.0 Å². The van der Waals surface area contributed by atoms with Crippen molar-refractivity contribution >= 4 is 54.8 Å². The Kier molecular flexibility index (Phi) is 13.1. The molecule has 4 aromatic carbocycles. The Morgan fingerprint density at radius 3 is 2.05 bits per heavy atom. The molecule has 0 unspecified atom stereocenters. The van der Waals surface area contributed by atoms with Gasteiger partial charge < -0.3 is 29.8 Å². The van der Waals surface area contributed by atoms with E-state index in [4.69, 9.17) is 4.43 Å². The Labute approximate surface area is 343 Å². The lowest BCUT2D eigenvalue weighted by Crippen LogP contribution is -2.66. The zero-order valence-corrected chi connectivity index (χ0v) is 35.4. The molecule has 6 rings (SSSR count). The van der Waals surface area contributed by atoms with Crippen molar-refractivity contribution in [3.63, 3.8) is 0 Å². The fraction of sp³-hybridized carbons (Fsp3) is 0.362. The summed E-state index contributed by atoms with van der Waals surface area (Å²) < 4.78 is 7.39. The van der Waals surface area contributed by atoms with Crippen LogP contribution in [0.1, 0.15) is 70.1 Å². The van der Waals surface area contributed by atoms with E-state index in [1.165, 1.54) is 12.1 Å². The summed E-state index contributed by atoms with van der Waals surface area (Å²) in [6.45, 7) is 11.9. The Hall–Kier alpha value is -4.62. The Balaban J connectivity index is 1.43. The first kappa shape index (κ1) is 43.0. The highest BCUT2D eigenvalue weighted by Crippen LogP contribution is 2.48. The summed E-state index contributed by atoms with van der Waals surface area (Å²) in [7, 11) is -4.88. The highest BCUT2D eigenvalue weighted by Gasteiger charge is 2.56. The van der Waals surface area contributed by atoms with E-state index in [0.29, 0.717) is 24.0 Å². The maximum absolute atomic E-state index is 14.4. The number of anilines is 1. The SMILES string of the molecule is CC/C(=C\c1cc(C)c(O)c(C)c1)CC[C@@H](O)C1=C(CO[Si](c2ccccc2)(c2ccccc2)C(C)(C)C)C[C@H]2C(=O)N(c3cccc(B(O)O)c3)C(=O)[C@H]2[C@H]1CO. The number of phenolic OH excluding ortho intramolecular Hbond substituents is 1. The van der Waals surface area contributed by atoms with E-state index >= 15 is 0 Å². The van der Waals surface area contributed by atoms with Gasteiger partial charge in [0, 0.05) is 5.92 Å². The molecule has 0 spiro atoms. The van der Waals surface area contributed by atoms with Crippen LogP contribution >= 0.6 is 0 Å². The minimum Gasteiger partial charge on any atom is -0.507 e. The molecular weight excluding hydrogens is 745 g/mol. The average Bonchev–Trinajstić information content (AvgIpc) is 3.46. The fourth-order valence-electron chi connectivity index (χ4n) is 9.26. The fourth-order valence-corrected chi connectivity index (χ4v) is 13.8. The molecule has 9 nitrogen and oxygen atoms in total. The largest absolute Gasteiger partial charge is 0.507 e. The Morgan fingerprint density at radius 1 is 0.914 bits per heavy atom. The number of hydrogen-bond acceptors (Lipinski definition) is 8. The molecule has 0 saturated carbocycles. The minimum atomic E-state index is -3.09. The van der Waals surface area contributed by atoms with Gasteiger partial charge >= 0.3 is 7.12 Å². The van der Waals surface area contributed by atoms with Crippen LogP contribution in [0.3, 0.4) is 0 Å². The number of aliphatic hydroxyl groups is 2. The molecule has 1 heterocycles. The highest BCUT2D eigenvalue weighted by molar-refractivity contribution is 6.99. The summed E-state index contributed by atoms with van der Waals surface area (Å²) >= 11 is 0.